The molecule has 2 nitrogen and oxygen atoms in total. The molecule has 0 saturated heterocycles. The van der Waals surface area contributed by atoms with Crippen LogP contribution in [-0.2, 0) is 32.7 Å². The van der Waals surface area contributed by atoms with Crippen molar-refractivity contribution >= 4 is 5.97 Å². The van der Waals surface area contributed by atoms with Gasteiger partial charge < -0.3 is 9.90 Å². The molecule has 1 aromatic rings. The van der Waals surface area contributed by atoms with Crippen molar-refractivity contribution in [1.29, 1.82) is 0 Å². The molecular formula is C8H6FO2Y-. The molecule has 0 aliphatic rings. The van der Waals surface area contributed by atoms with Crippen molar-refractivity contribution in [1.82, 2.24) is 0 Å². The molecule has 0 aliphatic carbocycles. The fourth-order valence-corrected chi connectivity index (χ4v) is 0.661. The van der Waals surface area contributed by atoms with Gasteiger partial charge in [0.2, 0.25) is 5.97 Å². The van der Waals surface area contributed by atoms with Crippen LogP contribution in [0.4, 0.5) is 4.39 Å². The summed E-state index contributed by atoms with van der Waals surface area (Å²) in [4.78, 5) is 10.3. The largest absolute Gasteiger partial charge is 0.521 e. The molecule has 0 unspecified atom stereocenters. The molecule has 0 spiro atoms. The third-order valence-corrected chi connectivity index (χ3v) is 1.32. The second-order valence-corrected chi connectivity index (χ2v) is 2.18. The molecule has 0 aliphatic heterocycles. The van der Waals surface area contributed by atoms with Crippen molar-refractivity contribution in [2.75, 3.05) is 0 Å². The number of carbonyl (C=O) groups is 1. The van der Waals surface area contributed by atoms with E-state index in [0.717, 1.165) is 6.07 Å². The monoisotopic (exact) mass is 242 g/mol. The Balaban J connectivity index is 0.00000121. The van der Waals surface area contributed by atoms with Crippen molar-refractivity contribution < 1.29 is 47.0 Å². The zero-order valence-electron chi connectivity index (χ0n) is 6.47. The first-order valence-corrected chi connectivity index (χ1v) is 3.02. The van der Waals surface area contributed by atoms with Crippen molar-refractivity contribution in [3.05, 3.63) is 35.1 Å². The van der Waals surface area contributed by atoms with Gasteiger partial charge in [-0.1, -0.05) is 18.1 Å². The Morgan fingerprint density at radius 3 is 2.67 bits per heavy atom. The second-order valence-electron chi connectivity index (χ2n) is 2.18. The van der Waals surface area contributed by atoms with Crippen LogP contribution in [0.3, 0.4) is 0 Å². The summed E-state index contributed by atoms with van der Waals surface area (Å²) in [5.74, 6) is -1.68. The fourth-order valence-electron chi connectivity index (χ4n) is 0.661. The van der Waals surface area contributed by atoms with Crippen LogP contribution in [0.1, 0.15) is 15.9 Å². The van der Waals surface area contributed by atoms with Gasteiger partial charge in [-0.05, 0) is 0 Å². The van der Waals surface area contributed by atoms with Crippen LogP contribution in [-0.4, -0.2) is 11.1 Å². The van der Waals surface area contributed by atoms with E-state index in [1.54, 1.807) is 6.92 Å². The van der Waals surface area contributed by atoms with Crippen molar-refractivity contribution in [2.24, 2.45) is 0 Å². The van der Waals surface area contributed by atoms with Gasteiger partial charge in [0, 0.05) is 38.5 Å². The zero-order chi connectivity index (χ0) is 8.43. The molecule has 0 aromatic heterocycles. The van der Waals surface area contributed by atoms with Gasteiger partial charge in [0.1, 0.15) is 0 Å². The Hall–Kier alpha value is -0.276. The van der Waals surface area contributed by atoms with Gasteiger partial charge in [-0.3, -0.25) is 0 Å². The molecule has 1 aromatic carbocycles. The molecule has 12 heavy (non-hydrogen) atoms. The Kier molecular flexibility index (Phi) is 4.57. The summed E-state index contributed by atoms with van der Waals surface area (Å²) in [5.41, 5.74) is 0.253. The summed E-state index contributed by atoms with van der Waals surface area (Å²) in [7, 11) is 0. The summed E-state index contributed by atoms with van der Waals surface area (Å²) in [6.45, 7) is 1.55. The molecular weight excluding hydrogens is 236 g/mol. The third-order valence-electron chi connectivity index (χ3n) is 1.32. The summed E-state index contributed by atoms with van der Waals surface area (Å²) in [6, 6.07) is 4.71. The first-order valence-electron chi connectivity index (χ1n) is 3.02. The van der Waals surface area contributed by atoms with Gasteiger partial charge in [0.15, 0.2) is 0 Å². The summed E-state index contributed by atoms with van der Waals surface area (Å²) in [5, 5.41) is 8.40. The van der Waals surface area contributed by atoms with E-state index in [9.17, 15) is 9.18 Å². The number of hydrogen-bond donors (Lipinski definition) is 1. The quantitative estimate of drug-likeness (QED) is 0.760. The Morgan fingerprint density at radius 1 is 1.67 bits per heavy atom. The van der Waals surface area contributed by atoms with E-state index in [0.29, 0.717) is 5.56 Å². The summed E-state index contributed by atoms with van der Waals surface area (Å²) in [6.07, 6.45) is 0. The smallest absolute Gasteiger partial charge is 0.247 e. The molecule has 0 heterocycles. The van der Waals surface area contributed by atoms with Crippen molar-refractivity contribution in [3.63, 3.8) is 0 Å². The average molecular weight is 242 g/mol. The molecule has 0 bridgehead atoms. The summed E-state index contributed by atoms with van der Waals surface area (Å²) < 4.78 is 12.7. The van der Waals surface area contributed by atoms with Crippen LogP contribution < -0.4 is 0 Å². The van der Waals surface area contributed by atoms with E-state index in [2.05, 4.69) is 6.07 Å². The molecule has 61 valence electrons. The van der Waals surface area contributed by atoms with E-state index in [4.69, 9.17) is 5.11 Å². The third kappa shape index (κ3) is 2.65. The Morgan fingerprint density at radius 2 is 2.25 bits per heavy atom. The maximum Gasteiger partial charge on any atom is 0.247 e. The Bertz CT molecular complexity index is 299. The standard InChI is InChI=1S/C8H6FO2.Y/c1-5-2-3-6(8(10)11)4-7(5)9;/h2,4H,1H3,(H,10,11);/q-1;. The average Bonchev–Trinajstić information content (AvgIpc) is 1.94. The predicted octanol–water partition coefficient (Wildman–Crippen LogP) is 1.63. The van der Waals surface area contributed by atoms with Crippen LogP contribution in [0.2, 0.25) is 0 Å². The van der Waals surface area contributed by atoms with Gasteiger partial charge in [-0.25, -0.2) is 4.39 Å². The van der Waals surface area contributed by atoms with Crippen LogP contribution in [0.5, 0.6) is 0 Å². The van der Waals surface area contributed by atoms with E-state index in [1.807, 2.05) is 0 Å². The minimum Gasteiger partial charge on any atom is -0.521 e. The van der Waals surface area contributed by atoms with E-state index in [1.165, 1.54) is 6.07 Å². The molecule has 0 amide bonds. The van der Waals surface area contributed by atoms with Gasteiger partial charge in [0.25, 0.3) is 0 Å². The first kappa shape index (κ1) is 11.7. The molecule has 1 radical (unpaired) electrons. The van der Waals surface area contributed by atoms with E-state index >= 15 is 0 Å². The van der Waals surface area contributed by atoms with Crippen LogP contribution in [0.25, 0.3) is 0 Å². The zero-order valence-corrected chi connectivity index (χ0v) is 9.30. The molecule has 0 fully saturated rings. The predicted molar refractivity (Wildman–Crippen MR) is 36.9 cm³/mol. The molecule has 1 rings (SSSR count). The van der Waals surface area contributed by atoms with Crippen LogP contribution in [0.15, 0.2) is 12.1 Å². The number of halogens is 1. The molecule has 0 atom stereocenters. The van der Waals surface area contributed by atoms with Gasteiger partial charge in [0.05, 0.1) is 0 Å². The maximum absolute atomic E-state index is 12.7. The minimum atomic E-state index is -1.16. The topological polar surface area (TPSA) is 37.3 Å². The molecule has 0 saturated carbocycles. The molecule has 4 heteroatoms. The first-order chi connectivity index (χ1) is 5.11. The minimum absolute atomic E-state index is 0. The van der Waals surface area contributed by atoms with Gasteiger partial charge in [-0.2, -0.15) is 0 Å². The second kappa shape index (κ2) is 4.68. The number of aromatic carboxylic acids is 1. The SMILES string of the molecule is Cc1c[c-]c(C(=O)O)cc1F.[Y]. The number of carboxylic acid groups (broad SMARTS) is 1. The van der Waals surface area contributed by atoms with Crippen molar-refractivity contribution in [2.45, 2.75) is 6.92 Å². The Labute approximate surface area is 94.7 Å². The van der Waals surface area contributed by atoms with Crippen LogP contribution in [0, 0.1) is 18.8 Å². The maximum atomic E-state index is 12.7. The number of aryl methyl sites for hydroxylation is 1. The van der Waals surface area contributed by atoms with Crippen LogP contribution >= 0.6 is 0 Å². The number of hydrogen-bond acceptors (Lipinski definition) is 1. The number of rotatable bonds is 1. The van der Waals surface area contributed by atoms with E-state index in [-0.39, 0.29) is 38.3 Å². The fraction of sp³-hybridized carbons (Fsp3) is 0.125. The van der Waals surface area contributed by atoms with Gasteiger partial charge in [-0.15, -0.1) is 18.2 Å². The van der Waals surface area contributed by atoms with Gasteiger partial charge >= 0.3 is 0 Å². The number of carboxylic acids is 1. The van der Waals surface area contributed by atoms with Crippen molar-refractivity contribution in [3.8, 4) is 0 Å². The van der Waals surface area contributed by atoms with E-state index < -0.39 is 11.8 Å². The molecule has 1 N–H and O–H groups in total. The summed E-state index contributed by atoms with van der Waals surface area (Å²) >= 11 is 0. The normalized spacial score (nSPS) is 8.83. The number of benzene rings is 1.